The van der Waals surface area contributed by atoms with E-state index in [1.807, 2.05) is 0 Å². The lowest BCUT2D eigenvalue weighted by molar-refractivity contribution is 0.137. The summed E-state index contributed by atoms with van der Waals surface area (Å²) in [4.78, 5) is 2.56. The second kappa shape index (κ2) is 10.6. The molecule has 1 aliphatic carbocycles. The second-order valence-electron chi connectivity index (χ2n) is 6.68. The van der Waals surface area contributed by atoms with Crippen molar-refractivity contribution in [2.24, 2.45) is 5.41 Å². The molecule has 1 saturated carbocycles. The van der Waals surface area contributed by atoms with E-state index in [0.717, 1.165) is 19.7 Å². The molecule has 0 radical (unpaired) electrons. The molecule has 1 aliphatic rings. The van der Waals surface area contributed by atoms with Crippen LogP contribution in [0.5, 0.6) is 0 Å². The highest BCUT2D eigenvalue weighted by Crippen LogP contribution is 2.35. The van der Waals surface area contributed by atoms with Crippen molar-refractivity contribution >= 4 is 0 Å². The van der Waals surface area contributed by atoms with Gasteiger partial charge in [0.1, 0.15) is 0 Å². The molecule has 3 heteroatoms. The largest absolute Gasteiger partial charge is 0.383 e. The van der Waals surface area contributed by atoms with Crippen LogP contribution in [0.25, 0.3) is 0 Å². The lowest BCUT2D eigenvalue weighted by Gasteiger charge is -2.37. The summed E-state index contributed by atoms with van der Waals surface area (Å²) in [7, 11) is 4.08. The summed E-state index contributed by atoms with van der Waals surface area (Å²) in [5.74, 6) is 0. The Bertz CT molecular complexity index is 225. The number of hydrogen-bond donors (Lipinski definition) is 1. The maximum atomic E-state index is 5.15. The zero-order chi connectivity index (χ0) is 14.7. The minimum atomic E-state index is 0.493. The predicted octanol–water partition coefficient (Wildman–Crippen LogP) is 3.29. The molecule has 1 N–H and O–H groups in total. The summed E-state index contributed by atoms with van der Waals surface area (Å²) < 4.78 is 5.15. The predicted molar refractivity (Wildman–Crippen MR) is 87.3 cm³/mol. The summed E-state index contributed by atoms with van der Waals surface area (Å²) in [6.07, 6.45) is 11.1. The normalized spacial score (nSPS) is 19.2. The van der Waals surface area contributed by atoms with Crippen LogP contribution in [-0.4, -0.2) is 51.8 Å². The van der Waals surface area contributed by atoms with Crippen molar-refractivity contribution in [3.63, 3.8) is 0 Å². The van der Waals surface area contributed by atoms with Gasteiger partial charge >= 0.3 is 0 Å². The van der Waals surface area contributed by atoms with Crippen molar-refractivity contribution in [1.29, 1.82) is 0 Å². The fraction of sp³-hybridized carbons (Fsp3) is 1.00. The molecule has 1 rings (SSSR count). The van der Waals surface area contributed by atoms with Gasteiger partial charge in [0.05, 0.1) is 6.61 Å². The van der Waals surface area contributed by atoms with Gasteiger partial charge < -0.3 is 15.0 Å². The molecule has 0 aromatic rings. The summed E-state index contributed by atoms with van der Waals surface area (Å²) in [6.45, 7) is 7.75. The van der Waals surface area contributed by atoms with Crippen molar-refractivity contribution in [3.05, 3.63) is 0 Å². The molecule has 0 aromatic heterocycles. The van der Waals surface area contributed by atoms with Crippen molar-refractivity contribution in [1.82, 2.24) is 10.2 Å². The first-order valence-electron chi connectivity index (χ1n) is 8.61. The molecule has 0 amide bonds. The Morgan fingerprint density at radius 2 is 1.85 bits per heavy atom. The van der Waals surface area contributed by atoms with E-state index in [2.05, 4.69) is 24.2 Å². The number of rotatable bonds is 10. The summed E-state index contributed by atoms with van der Waals surface area (Å²) in [5, 5.41) is 3.63. The maximum Gasteiger partial charge on any atom is 0.0587 e. The van der Waals surface area contributed by atoms with Gasteiger partial charge in [-0.15, -0.1) is 0 Å². The molecule has 0 atom stereocenters. The molecular weight excluding hydrogens is 248 g/mol. The van der Waals surface area contributed by atoms with E-state index in [9.17, 15) is 0 Å². The quantitative estimate of drug-likeness (QED) is 0.492. The molecule has 3 nitrogen and oxygen atoms in total. The molecule has 20 heavy (non-hydrogen) atoms. The number of methoxy groups -OCH3 is 1. The first-order chi connectivity index (χ1) is 9.72. The van der Waals surface area contributed by atoms with E-state index in [1.165, 1.54) is 64.5 Å². The third kappa shape index (κ3) is 7.05. The minimum absolute atomic E-state index is 0.493. The number of nitrogens with zero attached hydrogens (tertiary/aromatic N) is 1. The molecule has 0 aliphatic heterocycles. The monoisotopic (exact) mass is 284 g/mol. The molecule has 120 valence electrons. The Balaban J connectivity index is 2.48. The van der Waals surface area contributed by atoms with Gasteiger partial charge in [0.25, 0.3) is 0 Å². The van der Waals surface area contributed by atoms with Gasteiger partial charge in [0.15, 0.2) is 0 Å². The van der Waals surface area contributed by atoms with Crippen LogP contribution in [0.15, 0.2) is 0 Å². The minimum Gasteiger partial charge on any atom is -0.383 e. The highest BCUT2D eigenvalue weighted by Gasteiger charge is 2.31. The number of hydrogen-bond acceptors (Lipinski definition) is 3. The van der Waals surface area contributed by atoms with Gasteiger partial charge in [-0.2, -0.15) is 0 Å². The van der Waals surface area contributed by atoms with Crippen molar-refractivity contribution in [2.45, 2.75) is 58.3 Å². The summed E-state index contributed by atoms with van der Waals surface area (Å²) >= 11 is 0. The van der Waals surface area contributed by atoms with Crippen LogP contribution in [0.2, 0.25) is 0 Å². The molecule has 0 spiro atoms. The van der Waals surface area contributed by atoms with E-state index < -0.39 is 0 Å². The standard InChI is InChI=1S/C17H36N2O/c1-4-5-13-19(2)16-17(15-18-12-14-20-3)10-8-6-7-9-11-17/h18H,4-16H2,1-3H3. The van der Waals surface area contributed by atoms with E-state index >= 15 is 0 Å². The molecule has 1 fully saturated rings. The van der Waals surface area contributed by atoms with Gasteiger partial charge in [-0.25, -0.2) is 0 Å². The Labute approximate surface area is 126 Å². The van der Waals surface area contributed by atoms with Gasteiger partial charge in [-0.05, 0) is 38.3 Å². The lowest BCUT2D eigenvalue weighted by Crippen LogP contribution is -2.43. The fourth-order valence-corrected chi connectivity index (χ4v) is 3.48. The molecular formula is C17H36N2O. The SMILES string of the molecule is CCCCN(C)CC1(CNCCOC)CCCCCC1. The van der Waals surface area contributed by atoms with Crippen molar-refractivity contribution < 1.29 is 4.74 Å². The van der Waals surface area contributed by atoms with Crippen molar-refractivity contribution in [3.8, 4) is 0 Å². The van der Waals surface area contributed by atoms with Gasteiger partial charge in [-0.1, -0.05) is 39.0 Å². The van der Waals surface area contributed by atoms with E-state index in [1.54, 1.807) is 7.11 Å². The first kappa shape index (κ1) is 17.9. The van der Waals surface area contributed by atoms with E-state index in [0.29, 0.717) is 5.41 Å². The number of ether oxygens (including phenoxy) is 1. The smallest absolute Gasteiger partial charge is 0.0587 e. The van der Waals surface area contributed by atoms with Crippen LogP contribution in [-0.2, 0) is 4.74 Å². The van der Waals surface area contributed by atoms with Gasteiger partial charge in [-0.3, -0.25) is 0 Å². The van der Waals surface area contributed by atoms with Crippen LogP contribution in [0.1, 0.15) is 58.3 Å². The number of unbranched alkanes of at least 4 members (excludes halogenated alkanes) is 1. The molecule has 0 aromatic carbocycles. The van der Waals surface area contributed by atoms with Gasteiger partial charge in [0, 0.05) is 26.7 Å². The van der Waals surface area contributed by atoms with Crippen LogP contribution >= 0.6 is 0 Å². The van der Waals surface area contributed by atoms with Crippen molar-refractivity contribution in [2.75, 3.05) is 46.9 Å². The molecule has 0 unspecified atom stereocenters. The lowest BCUT2D eigenvalue weighted by atomic mass is 9.79. The Hall–Kier alpha value is -0.120. The Morgan fingerprint density at radius 1 is 1.15 bits per heavy atom. The summed E-state index contributed by atoms with van der Waals surface area (Å²) in [5.41, 5.74) is 0.493. The average Bonchev–Trinajstić information content (AvgIpc) is 2.67. The fourth-order valence-electron chi connectivity index (χ4n) is 3.48. The zero-order valence-electron chi connectivity index (χ0n) is 14.0. The zero-order valence-corrected chi connectivity index (χ0v) is 14.0. The average molecular weight is 284 g/mol. The highest BCUT2D eigenvalue weighted by molar-refractivity contribution is 4.86. The Morgan fingerprint density at radius 3 is 2.45 bits per heavy atom. The van der Waals surface area contributed by atoms with Crippen LogP contribution in [0, 0.1) is 5.41 Å². The highest BCUT2D eigenvalue weighted by atomic mass is 16.5. The van der Waals surface area contributed by atoms with Crippen LogP contribution in [0.3, 0.4) is 0 Å². The third-order valence-electron chi connectivity index (χ3n) is 4.65. The van der Waals surface area contributed by atoms with E-state index in [-0.39, 0.29) is 0 Å². The Kier molecular flexibility index (Phi) is 9.49. The summed E-state index contributed by atoms with van der Waals surface area (Å²) in [6, 6.07) is 0. The van der Waals surface area contributed by atoms with Crippen LogP contribution < -0.4 is 5.32 Å². The molecule has 0 heterocycles. The molecule has 0 saturated heterocycles. The first-order valence-corrected chi connectivity index (χ1v) is 8.61. The molecule has 0 bridgehead atoms. The van der Waals surface area contributed by atoms with E-state index in [4.69, 9.17) is 4.74 Å². The third-order valence-corrected chi connectivity index (χ3v) is 4.65. The topological polar surface area (TPSA) is 24.5 Å². The van der Waals surface area contributed by atoms with Crippen LogP contribution in [0.4, 0.5) is 0 Å². The number of nitrogens with one attached hydrogen (secondary N) is 1. The van der Waals surface area contributed by atoms with Gasteiger partial charge in [0.2, 0.25) is 0 Å². The maximum absolute atomic E-state index is 5.15. The second-order valence-corrected chi connectivity index (χ2v) is 6.68.